The molecule has 0 radical (unpaired) electrons. The number of sulfonamides is 1. The van der Waals surface area contributed by atoms with Gasteiger partial charge < -0.3 is 5.32 Å². The molecule has 26 heavy (non-hydrogen) atoms. The van der Waals surface area contributed by atoms with Crippen LogP contribution in [-0.2, 0) is 10.0 Å². The summed E-state index contributed by atoms with van der Waals surface area (Å²) in [7, 11) is -4.41. The summed E-state index contributed by atoms with van der Waals surface area (Å²) >= 11 is 3.04. The van der Waals surface area contributed by atoms with Crippen LogP contribution in [0.1, 0.15) is 13.3 Å². The van der Waals surface area contributed by atoms with E-state index in [0.29, 0.717) is 11.4 Å². The highest BCUT2D eigenvalue weighted by molar-refractivity contribution is 9.10. The van der Waals surface area contributed by atoms with E-state index < -0.39 is 40.4 Å². The molecule has 0 heterocycles. The van der Waals surface area contributed by atoms with Crippen LogP contribution in [0.25, 0.3) is 0 Å². The number of hydrazine groups is 1. The zero-order valence-corrected chi connectivity index (χ0v) is 15.2. The lowest BCUT2D eigenvalue weighted by Crippen LogP contribution is -2.69. The molecule has 14 heteroatoms. The molecule has 1 rings (SSSR count). The second kappa shape index (κ2) is 7.60. The Balaban J connectivity index is 2.95. The number of hydrogen-bond acceptors (Lipinski definition) is 3. The molecule has 0 aromatic heterocycles. The van der Waals surface area contributed by atoms with Crippen molar-refractivity contribution in [3.63, 3.8) is 0 Å². The SMILES string of the molecule is CCC(NC(=O)NNS(=O)(=O)c1ccc(Br)cc1)(C(F)(F)F)C(F)(F)F. The van der Waals surface area contributed by atoms with Gasteiger partial charge in [0.2, 0.25) is 5.54 Å². The average molecular weight is 472 g/mol. The number of rotatable bonds is 5. The zero-order chi connectivity index (χ0) is 20.4. The van der Waals surface area contributed by atoms with Crippen molar-refractivity contribution in [2.24, 2.45) is 0 Å². The molecule has 0 spiro atoms. The number of halogens is 7. The van der Waals surface area contributed by atoms with E-state index in [9.17, 15) is 39.6 Å². The summed E-state index contributed by atoms with van der Waals surface area (Å²) in [5.41, 5.74) is -3.26. The Labute approximate surface area is 152 Å². The predicted molar refractivity (Wildman–Crippen MR) is 81.3 cm³/mol. The smallest absolute Gasteiger partial charge is 0.315 e. The van der Waals surface area contributed by atoms with E-state index in [1.165, 1.54) is 22.4 Å². The fourth-order valence-electron chi connectivity index (χ4n) is 1.80. The Kier molecular flexibility index (Phi) is 6.58. The number of carbonyl (C=O) groups is 1. The van der Waals surface area contributed by atoms with Crippen molar-refractivity contribution < 1.29 is 39.6 Å². The van der Waals surface area contributed by atoms with Gasteiger partial charge in [-0.25, -0.2) is 13.2 Å². The van der Waals surface area contributed by atoms with Gasteiger partial charge in [0.1, 0.15) is 0 Å². The van der Waals surface area contributed by atoms with Gasteiger partial charge in [-0.3, -0.25) is 5.43 Å². The highest BCUT2D eigenvalue weighted by atomic mass is 79.9. The molecule has 148 valence electrons. The van der Waals surface area contributed by atoms with Crippen LogP contribution in [0.3, 0.4) is 0 Å². The maximum Gasteiger partial charge on any atom is 0.420 e. The van der Waals surface area contributed by atoms with Gasteiger partial charge in [-0.1, -0.05) is 22.9 Å². The molecule has 0 bridgehead atoms. The van der Waals surface area contributed by atoms with Crippen LogP contribution < -0.4 is 15.6 Å². The molecule has 0 aliphatic heterocycles. The molecule has 2 amide bonds. The maximum atomic E-state index is 12.9. The zero-order valence-electron chi connectivity index (χ0n) is 12.8. The second-order valence-corrected chi connectivity index (χ2v) is 7.49. The van der Waals surface area contributed by atoms with E-state index in [-0.39, 0.29) is 4.90 Å². The summed E-state index contributed by atoms with van der Waals surface area (Å²) in [4.78, 5) is 12.5. The first kappa shape index (κ1) is 22.5. The quantitative estimate of drug-likeness (QED) is 0.455. The molecular weight excluding hydrogens is 460 g/mol. The van der Waals surface area contributed by atoms with E-state index in [0.717, 1.165) is 17.4 Å². The number of benzene rings is 1. The molecule has 0 aliphatic rings. The van der Waals surface area contributed by atoms with E-state index >= 15 is 0 Å². The standard InChI is InChI=1S/C12H12BrF6N3O3S/c1-2-10(11(14,15)16,12(17,18)19)20-9(23)21-22-26(24,25)8-5-3-7(13)4-6-8/h3-6,22H,2H2,1H3,(H2,20,21,23). The number of amides is 2. The van der Waals surface area contributed by atoms with E-state index in [2.05, 4.69) is 15.9 Å². The summed E-state index contributed by atoms with van der Waals surface area (Å²) in [6.07, 6.45) is -13.3. The Bertz CT molecular complexity index is 735. The van der Waals surface area contributed by atoms with Crippen molar-refractivity contribution in [3.05, 3.63) is 28.7 Å². The molecule has 1 aromatic carbocycles. The van der Waals surface area contributed by atoms with Gasteiger partial charge in [0.05, 0.1) is 4.90 Å². The predicted octanol–water partition coefficient (Wildman–Crippen LogP) is 3.22. The van der Waals surface area contributed by atoms with Gasteiger partial charge in [-0.2, -0.15) is 26.3 Å². The molecule has 0 aliphatic carbocycles. The Morgan fingerprint density at radius 1 is 1.04 bits per heavy atom. The topological polar surface area (TPSA) is 87.3 Å². The Hall–Kier alpha value is -1.54. The lowest BCUT2D eigenvalue weighted by molar-refractivity contribution is -0.304. The molecule has 0 unspecified atom stereocenters. The van der Waals surface area contributed by atoms with Gasteiger partial charge >= 0.3 is 18.4 Å². The fourth-order valence-corrected chi connectivity index (χ4v) is 2.91. The monoisotopic (exact) mass is 471 g/mol. The van der Waals surface area contributed by atoms with Crippen molar-refractivity contribution in [3.8, 4) is 0 Å². The van der Waals surface area contributed by atoms with Crippen molar-refractivity contribution in [2.75, 3.05) is 0 Å². The van der Waals surface area contributed by atoms with Crippen LogP contribution in [-0.4, -0.2) is 32.3 Å². The number of hydrogen-bond donors (Lipinski definition) is 3. The van der Waals surface area contributed by atoms with Crippen LogP contribution in [0.5, 0.6) is 0 Å². The lowest BCUT2D eigenvalue weighted by Gasteiger charge is -2.36. The van der Waals surface area contributed by atoms with Crippen LogP contribution in [0.15, 0.2) is 33.6 Å². The van der Waals surface area contributed by atoms with Crippen molar-refractivity contribution in [1.82, 2.24) is 15.6 Å². The van der Waals surface area contributed by atoms with Gasteiger partial charge in [-0.15, -0.1) is 4.83 Å². The molecule has 0 fully saturated rings. The van der Waals surface area contributed by atoms with Crippen LogP contribution >= 0.6 is 15.9 Å². The first-order chi connectivity index (χ1) is 11.7. The highest BCUT2D eigenvalue weighted by Gasteiger charge is 2.70. The molecule has 0 saturated carbocycles. The summed E-state index contributed by atoms with van der Waals surface area (Å²) in [6, 6.07) is 2.80. The molecule has 1 aromatic rings. The van der Waals surface area contributed by atoms with Crippen molar-refractivity contribution in [2.45, 2.75) is 36.1 Å². The largest absolute Gasteiger partial charge is 0.420 e. The highest BCUT2D eigenvalue weighted by Crippen LogP contribution is 2.45. The van der Waals surface area contributed by atoms with E-state index in [4.69, 9.17) is 0 Å². The minimum Gasteiger partial charge on any atom is -0.315 e. The third-order valence-electron chi connectivity index (χ3n) is 3.25. The second-order valence-electron chi connectivity index (χ2n) is 4.89. The molecular formula is C12H12BrF6N3O3S. The van der Waals surface area contributed by atoms with E-state index in [1.807, 2.05) is 0 Å². The minimum atomic E-state index is -5.86. The summed E-state index contributed by atoms with van der Waals surface area (Å²) < 4.78 is 102. The number of carbonyl (C=O) groups excluding carboxylic acids is 1. The van der Waals surface area contributed by atoms with Gasteiger partial charge in [0, 0.05) is 4.47 Å². The summed E-state index contributed by atoms with van der Waals surface area (Å²) in [5, 5.41) is 0.759. The first-order valence-electron chi connectivity index (χ1n) is 6.65. The first-order valence-corrected chi connectivity index (χ1v) is 8.93. The van der Waals surface area contributed by atoms with E-state index in [1.54, 1.807) is 0 Å². The van der Waals surface area contributed by atoms with Crippen molar-refractivity contribution >= 4 is 32.0 Å². The maximum absolute atomic E-state index is 12.9. The fraction of sp³-hybridized carbons (Fsp3) is 0.417. The lowest BCUT2D eigenvalue weighted by atomic mass is 9.94. The third-order valence-corrected chi connectivity index (χ3v) is 5.04. The normalized spacial score (nSPS) is 13.4. The molecule has 0 atom stereocenters. The molecule has 3 N–H and O–H groups in total. The van der Waals surface area contributed by atoms with Gasteiger partial charge in [0.15, 0.2) is 0 Å². The van der Waals surface area contributed by atoms with Gasteiger partial charge in [-0.05, 0) is 30.7 Å². The van der Waals surface area contributed by atoms with Crippen LogP contribution in [0.4, 0.5) is 31.1 Å². The number of alkyl halides is 6. The summed E-state index contributed by atoms with van der Waals surface area (Å²) in [6.45, 7) is 0.577. The Morgan fingerprint density at radius 3 is 1.88 bits per heavy atom. The van der Waals surface area contributed by atoms with Crippen LogP contribution in [0, 0.1) is 0 Å². The van der Waals surface area contributed by atoms with Crippen LogP contribution in [0.2, 0.25) is 0 Å². The number of urea groups is 1. The average Bonchev–Trinajstić information content (AvgIpc) is 2.48. The Morgan fingerprint density at radius 2 is 1.50 bits per heavy atom. The van der Waals surface area contributed by atoms with Crippen molar-refractivity contribution in [1.29, 1.82) is 0 Å². The molecule has 0 saturated heterocycles. The minimum absolute atomic E-state index is 0.380. The molecule has 6 nitrogen and oxygen atoms in total. The number of nitrogens with one attached hydrogen (secondary N) is 3. The third kappa shape index (κ3) is 4.79. The van der Waals surface area contributed by atoms with Gasteiger partial charge in [0.25, 0.3) is 10.0 Å². The summed E-state index contributed by atoms with van der Waals surface area (Å²) in [5.74, 6) is 0.